The summed E-state index contributed by atoms with van der Waals surface area (Å²) in [6.07, 6.45) is 6.84. The van der Waals surface area contributed by atoms with E-state index in [0.29, 0.717) is 35.6 Å². The van der Waals surface area contributed by atoms with E-state index in [4.69, 9.17) is 21.3 Å². The molecule has 2 aromatic carbocycles. The summed E-state index contributed by atoms with van der Waals surface area (Å²) in [6.45, 7) is 2.03. The zero-order chi connectivity index (χ0) is 30.0. The van der Waals surface area contributed by atoms with Gasteiger partial charge in [0.15, 0.2) is 11.6 Å². The van der Waals surface area contributed by atoms with E-state index in [1.54, 1.807) is 12.3 Å². The summed E-state index contributed by atoms with van der Waals surface area (Å²) in [4.78, 5) is 15.7. The van der Waals surface area contributed by atoms with Crippen molar-refractivity contribution in [1.29, 1.82) is 0 Å². The average Bonchev–Trinajstić information content (AvgIpc) is 2.97. The molecule has 0 bridgehead atoms. The molecule has 0 aliphatic heterocycles. The number of aromatic nitrogens is 3. The Morgan fingerprint density at radius 1 is 1.10 bits per heavy atom. The van der Waals surface area contributed by atoms with E-state index in [0.717, 1.165) is 42.1 Å². The molecule has 1 aliphatic rings. The zero-order valence-corrected chi connectivity index (χ0v) is 25.6. The maximum atomic E-state index is 15.3. The number of sulfonamides is 1. The molecule has 1 saturated carbocycles. The quantitative estimate of drug-likeness (QED) is 0.232. The Bertz CT molecular complexity index is 1710. The largest absolute Gasteiger partial charge is 0.480 e. The highest BCUT2D eigenvalue weighted by molar-refractivity contribution is 7.92. The number of rotatable bonds is 9. The second kappa shape index (κ2) is 12.4. The van der Waals surface area contributed by atoms with Crippen molar-refractivity contribution in [2.45, 2.75) is 56.0 Å². The monoisotopic (exact) mass is 612 g/mol. The summed E-state index contributed by atoms with van der Waals surface area (Å²) in [5.41, 5.74) is 2.79. The van der Waals surface area contributed by atoms with E-state index in [2.05, 4.69) is 39.0 Å². The highest BCUT2D eigenvalue weighted by atomic mass is 35.5. The van der Waals surface area contributed by atoms with Crippen molar-refractivity contribution < 1.29 is 17.5 Å². The van der Waals surface area contributed by atoms with Gasteiger partial charge in [-0.25, -0.2) is 22.8 Å². The molecule has 0 spiro atoms. The molecule has 0 amide bonds. The van der Waals surface area contributed by atoms with Gasteiger partial charge in [-0.3, -0.25) is 4.72 Å². The number of ether oxygens (including phenoxy) is 1. The normalized spacial score (nSPS) is 17.4. The molecule has 222 valence electrons. The third-order valence-electron chi connectivity index (χ3n) is 7.71. The summed E-state index contributed by atoms with van der Waals surface area (Å²) in [5.74, 6) is -0.703. The number of nitrogens with zero attached hydrogens (tertiary/aromatic N) is 4. The third-order valence-corrected chi connectivity index (χ3v) is 9.54. The first-order chi connectivity index (χ1) is 20.1. The van der Waals surface area contributed by atoms with Crippen LogP contribution in [0.25, 0.3) is 22.0 Å². The lowest BCUT2D eigenvalue weighted by molar-refractivity contribution is 0.221. The van der Waals surface area contributed by atoms with Crippen molar-refractivity contribution in [1.82, 2.24) is 19.9 Å². The number of anilines is 2. The van der Waals surface area contributed by atoms with Crippen molar-refractivity contribution in [3.8, 4) is 17.0 Å². The van der Waals surface area contributed by atoms with Gasteiger partial charge in [-0.15, -0.1) is 0 Å². The van der Waals surface area contributed by atoms with Crippen LogP contribution in [0.15, 0.2) is 53.6 Å². The molecular formula is C30H34ClFN6O3S. The number of methoxy groups -OCH3 is 1. The SMILES string of the molecule is CCc1cc(-c2cc(F)c(NS(=O)(=O)c3ccccc3Cl)nc2OC)cc2cnc(NC3CCC(N(C)C)CC3)nc12. The third kappa shape index (κ3) is 6.28. The highest BCUT2D eigenvalue weighted by Gasteiger charge is 2.24. The predicted octanol–water partition coefficient (Wildman–Crippen LogP) is 6.14. The smallest absolute Gasteiger partial charge is 0.264 e. The molecule has 5 rings (SSSR count). The van der Waals surface area contributed by atoms with Crippen LogP contribution in [0.3, 0.4) is 0 Å². The lowest BCUT2D eigenvalue weighted by Gasteiger charge is -2.32. The maximum Gasteiger partial charge on any atom is 0.264 e. The molecule has 0 radical (unpaired) electrons. The van der Waals surface area contributed by atoms with Gasteiger partial charge < -0.3 is 15.0 Å². The van der Waals surface area contributed by atoms with Crippen molar-refractivity contribution >= 4 is 44.3 Å². The second-order valence-electron chi connectivity index (χ2n) is 10.6. The molecule has 12 heteroatoms. The number of benzene rings is 2. The number of hydrogen-bond donors (Lipinski definition) is 2. The first-order valence-corrected chi connectivity index (χ1v) is 15.7. The van der Waals surface area contributed by atoms with Gasteiger partial charge in [-0.2, -0.15) is 4.98 Å². The highest BCUT2D eigenvalue weighted by Crippen LogP contribution is 2.36. The van der Waals surface area contributed by atoms with Crippen LogP contribution in [-0.4, -0.2) is 61.6 Å². The summed E-state index contributed by atoms with van der Waals surface area (Å²) in [5, 5.41) is 4.31. The van der Waals surface area contributed by atoms with E-state index in [1.807, 2.05) is 19.1 Å². The molecule has 0 atom stereocenters. The van der Waals surface area contributed by atoms with Crippen molar-refractivity contribution in [3.63, 3.8) is 0 Å². The Kier molecular flexibility index (Phi) is 8.81. The lowest BCUT2D eigenvalue weighted by atomic mass is 9.90. The number of hydrogen-bond acceptors (Lipinski definition) is 8. The summed E-state index contributed by atoms with van der Waals surface area (Å²) < 4.78 is 48.8. The minimum atomic E-state index is -4.19. The fraction of sp³-hybridized carbons (Fsp3) is 0.367. The topological polar surface area (TPSA) is 109 Å². The van der Waals surface area contributed by atoms with Crippen LogP contribution in [0.4, 0.5) is 16.2 Å². The first-order valence-electron chi connectivity index (χ1n) is 13.8. The van der Waals surface area contributed by atoms with E-state index < -0.39 is 21.7 Å². The molecule has 4 aromatic rings. The summed E-state index contributed by atoms with van der Waals surface area (Å²) in [6, 6.07) is 11.8. The second-order valence-corrected chi connectivity index (χ2v) is 12.7. The van der Waals surface area contributed by atoms with E-state index in [1.165, 1.54) is 31.4 Å². The van der Waals surface area contributed by atoms with Crippen molar-refractivity contribution in [3.05, 3.63) is 65.1 Å². The van der Waals surface area contributed by atoms with Gasteiger partial charge in [0.1, 0.15) is 4.90 Å². The fourth-order valence-electron chi connectivity index (χ4n) is 5.38. The lowest BCUT2D eigenvalue weighted by Crippen LogP contribution is -2.36. The summed E-state index contributed by atoms with van der Waals surface area (Å²) in [7, 11) is 1.46. The Labute approximate surface area is 250 Å². The average molecular weight is 613 g/mol. The van der Waals surface area contributed by atoms with Crippen LogP contribution in [0, 0.1) is 5.82 Å². The Hall–Kier alpha value is -3.54. The summed E-state index contributed by atoms with van der Waals surface area (Å²) >= 11 is 6.06. The van der Waals surface area contributed by atoms with Gasteiger partial charge in [-0.1, -0.05) is 30.7 Å². The van der Waals surface area contributed by atoms with Crippen LogP contribution in [0.5, 0.6) is 5.88 Å². The van der Waals surface area contributed by atoms with Crippen LogP contribution in [-0.2, 0) is 16.4 Å². The molecule has 2 N–H and O–H groups in total. The van der Waals surface area contributed by atoms with E-state index in [-0.39, 0.29) is 15.8 Å². The van der Waals surface area contributed by atoms with Gasteiger partial charge in [0.2, 0.25) is 11.8 Å². The van der Waals surface area contributed by atoms with Crippen LogP contribution in [0.2, 0.25) is 5.02 Å². The Morgan fingerprint density at radius 2 is 1.83 bits per heavy atom. The van der Waals surface area contributed by atoms with Crippen LogP contribution >= 0.6 is 11.6 Å². The van der Waals surface area contributed by atoms with Gasteiger partial charge in [0.05, 0.1) is 17.6 Å². The van der Waals surface area contributed by atoms with Gasteiger partial charge in [0.25, 0.3) is 10.0 Å². The van der Waals surface area contributed by atoms with E-state index >= 15 is 4.39 Å². The standard InChI is InChI=1S/C30H34ClFN6O3S/c1-5-18-14-19(15-20-17-33-30(35-27(18)20)34-21-10-12-22(13-11-21)38(2)3)23-16-25(32)28(36-29(23)41-4)37-42(39,40)26-9-7-6-8-24(26)31/h6-9,14-17,21-22H,5,10-13H2,1-4H3,(H,36,37)(H,33,34,35). The van der Waals surface area contributed by atoms with Gasteiger partial charge >= 0.3 is 0 Å². The zero-order valence-electron chi connectivity index (χ0n) is 24.0. The molecule has 0 saturated heterocycles. The number of halogens is 2. The van der Waals surface area contributed by atoms with Gasteiger partial charge in [-0.05, 0) is 87.7 Å². The molecule has 2 aromatic heterocycles. The molecule has 1 aliphatic carbocycles. The number of aryl methyl sites for hydroxylation is 1. The number of pyridine rings is 1. The van der Waals surface area contributed by atoms with E-state index in [9.17, 15) is 8.42 Å². The van der Waals surface area contributed by atoms with Crippen molar-refractivity contribution in [2.24, 2.45) is 0 Å². The minimum Gasteiger partial charge on any atom is -0.480 e. The Morgan fingerprint density at radius 3 is 2.50 bits per heavy atom. The number of fused-ring (bicyclic) bond motifs is 1. The van der Waals surface area contributed by atoms with Crippen LogP contribution in [0.1, 0.15) is 38.2 Å². The molecule has 2 heterocycles. The minimum absolute atomic E-state index is 0.00883. The maximum absolute atomic E-state index is 15.3. The predicted molar refractivity (Wildman–Crippen MR) is 164 cm³/mol. The molecular weight excluding hydrogens is 579 g/mol. The molecule has 0 unspecified atom stereocenters. The molecule has 9 nitrogen and oxygen atoms in total. The fourth-order valence-corrected chi connectivity index (χ4v) is 6.91. The first kappa shape index (κ1) is 29.9. The molecule has 42 heavy (non-hydrogen) atoms. The van der Waals surface area contributed by atoms with Crippen LogP contribution < -0.4 is 14.8 Å². The Balaban J connectivity index is 1.44. The van der Waals surface area contributed by atoms with Gasteiger partial charge in [0, 0.05) is 29.2 Å². The van der Waals surface area contributed by atoms with Crippen molar-refractivity contribution in [2.75, 3.05) is 31.2 Å². The number of nitrogens with one attached hydrogen (secondary N) is 2. The molecule has 1 fully saturated rings.